The molecule has 1 amide bonds. The van der Waals surface area contributed by atoms with Gasteiger partial charge < -0.3 is 11.1 Å². The van der Waals surface area contributed by atoms with E-state index >= 15 is 0 Å². The summed E-state index contributed by atoms with van der Waals surface area (Å²) in [4.78, 5) is 12.6. The Balaban J connectivity index is 2.33. The van der Waals surface area contributed by atoms with Crippen LogP contribution in [0.15, 0.2) is 36.4 Å². The summed E-state index contributed by atoms with van der Waals surface area (Å²) in [6.45, 7) is 1.96. The zero-order valence-corrected chi connectivity index (χ0v) is 14.8. The highest BCUT2D eigenvalue weighted by Gasteiger charge is 2.13. The van der Waals surface area contributed by atoms with Crippen LogP contribution in [0.4, 0.5) is 5.69 Å². The third-order valence-electron chi connectivity index (χ3n) is 2.94. The molecule has 0 aromatic heterocycles. The fraction of sp³-hybridized carbons (Fsp3) is 0.0667. The highest BCUT2D eigenvalue weighted by molar-refractivity contribution is 14.1. The molecule has 0 fully saturated rings. The number of carbonyl (C=O) groups excluding carboxylic acids is 1. The Morgan fingerprint density at radius 3 is 2.71 bits per heavy atom. The normalized spacial score (nSPS) is 10.2. The fourth-order valence-electron chi connectivity index (χ4n) is 1.79. The van der Waals surface area contributed by atoms with Crippen molar-refractivity contribution in [3.05, 3.63) is 61.7 Å². The number of thiocarbonyl (C=S) groups is 1. The number of nitrogens with one attached hydrogen (secondary N) is 1. The van der Waals surface area contributed by atoms with Gasteiger partial charge in [-0.05, 0) is 53.3 Å². The van der Waals surface area contributed by atoms with Crippen molar-refractivity contribution in [1.82, 2.24) is 0 Å². The number of anilines is 1. The number of nitrogens with two attached hydrogens (primary N) is 1. The molecule has 21 heavy (non-hydrogen) atoms. The first-order valence-electron chi connectivity index (χ1n) is 6.06. The lowest BCUT2D eigenvalue weighted by Gasteiger charge is -2.11. The molecule has 0 saturated heterocycles. The SMILES string of the molecule is Cc1cccc(C(=O)Nc2cc(C(N)=S)ccc2Cl)c1I. The molecule has 6 heteroatoms. The van der Waals surface area contributed by atoms with Crippen molar-refractivity contribution in [3.8, 4) is 0 Å². The van der Waals surface area contributed by atoms with Crippen molar-refractivity contribution in [2.45, 2.75) is 6.92 Å². The summed E-state index contributed by atoms with van der Waals surface area (Å²) >= 11 is 13.2. The number of aryl methyl sites for hydroxylation is 1. The highest BCUT2D eigenvalue weighted by Crippen LogP contribution is 2.25. The van der Waals surface area contributed by atoms with Crippen LogP contribution in [0.25, 0.3) is 0 Å². The van der Waals surface area contributed by atoms with Crippen LogP contribution in [0, 0.1) is 10.5 Å². The van der Waals surface area contributed by atoms with Crippen LogP contribution in [-0.2, 0) is 0 Å². The molecule has 2 aromatic carbocycles. The van der Waals surface area contributed by atoms with Crippen molar-refractivity contribution in [1.29, 1.82) is 0 Å². The van der Waals surface area contributed by atoms with E-state index in [9.17, 15) is 4.79 Å². The summed E-state index contributed by atoms with van der Waals surface area (Å²) in [7, 11) is 0. The van der Waals surface area contributed by atoms with Gasteiger partial charge in [-0.1, -0.05) is 42.0 Å². The molecule has 3 nitrogen and oxygen atoms in total. The number of rotatable bonds is 3. The molecule has 0 aliphatic rings. The third kappa shape index (κ3) is 3.72. The molecule has 2 rings (SSSR count). The molecule has 0 radical (unpaired) electrons. The Bertz CT molecular complexity index is 734. The van der Waals surface area contributed by atoms with E-state index in [0.29, 0.717) is 21.8 Å². The predicted octanol–water partition coefficient (Wildman–Crippen LogP) is 4.14. The lowest BCUT2D eigenvalue weighted by molar-refractivity contribution is 0.102. The third-order valence-corrected chi connectivity index (χ3v) is 4.93. The maximum Gasteiger partial charge on any atom is 0.256 e. The Labute approximate surface area is 147 Å². The van der Waals surface area contributed by atoms with Gasteiger partial charge in [0.2, 0.25) is 0 Å². The molecule has 0 atom stereocenters. The number of halogens is 2. The number of carbonyl (C=O) groups is 1. The standard InChI is InChI=1S/C15H12ClIN2OS/c1-8-3-2-4-10(13(8)17)15(20)19-12-7-9(14(18)21)5-6-11(12)16/h2-7H,1H3,(H2,18,21)(H,19,20). The molecular weight excluding hydrogens is 419 g/mol. The van der Waals surface area contributed by atoms with Gasteiger partial charge in [-0.2, -0.15) is 0 Å². The van der Waals surface area contributed by atoms with Gasteiger partial charge in [0, 0.05) is 9.13 Å². The van der Waals surface area contributed by atoms with Crippen LogP contribution < -0.4 is 11.1 Å². The van der Waals surface area contributed by atoms with Gasteiger partial charge in [0.05, 0.1) is 16.3 Å². The molecule has 0 aliphatic heterocycles. The number of hydrogen-bond acceptors (Lipinski definition) is 2. The first-order chi connectivity index (χ1) is 9.90. The maximum absolute atomic E-state index is 12.4. The van der Waals surface area contributed by atoms with E-state index in [1.54, 1.807) is 24.3 Å². The van der Waals surface area contributed by atoms with E-state index < -0.39 is 0 Å². The molecule has 0 spiro atoms. The molecule has 3 N–H and O–H groups in total. The predicted molar refractivity (Wildman–Crippen MR) is 99.2 cm³/mol. The van der Waals surface area contributed by atoms with Crippen LogP contribution in [0.5, 0.6) is 0 Å². The quantitative estimate of drug-likeness (QED) is 0.568. The number of amides is 1. The van der Waals surface area contributed by atoms with Gasteiger partial charge in [0.1, 0.15) is 4.99 Å². The summed E-state index contributed by atoms with van der Waals surface area (Å²) in [5.41, 5.74) is 8.39. The van der Waals surface area contributed by atoms with Crippen molar-refractivity contribution in [2.24, 2.45) is 5.73 Å². The summed E-state index contributed by atoms with van der Waals surface area (Å²) in [6.07, 6.45) is 0. The Hall–Kier alpha value is -1.18. The van der Waals surface area contributed by atoms with Crippen LogP contribution in [0.2, 0.25) is 5.02 Å². The van der Waals surface area contributed by atoms with E-state index in [1.807, 2.05) is 19.1 Å². The van der Waals surface area contributed by atoms with Crippen molar-refractivity contribution < 1.29 is 4.79 Å². The van der Waals surface area contributed by atoms with Gasteiger partial charge in [-0.3, -0.25) is 4.79 Å². The molecule has 2 aromatic rings. The second-order valence-corrected chi connectivity index (χ2v) is 6.38. The van der Waals surface area contributed by atoms with Crippen molar-refractivity contribution >= 4 is 63.0 Å². The molecular formula is C15H12ClIN2OS. The average Bonchev–Trinajstić information content (AvgIpc) is 2.43. The minimum atomic E-state index is -0.218. The Kier molecular flexibility index (Phi) is 5.18. The zero-order valence-electron chi connectivity index (χ0n) is 11.1. The van der Waals surface area contributed by atoms with Crippen molar-refractivity contribution in [2.75, 3.05) is 5.32 Å². The van der Waals surface area contributed by atoms with Gasteiger partial charge >= 0.3 is 0 Å². The molecule has 0 heterocycles. The zero-order chi connectivity index (χ0) is 15.6. The van der Waals surface area contributed by atoms with E-state index in [1.165, 1.54) is 0 Å². The summed E-state index contributed by atoms with van der Waals surface area (Å²) in [5, 5.41) is 3.24. The summed E-state index contributed by atoms with van der Waals surface area (Å²) in [5.74, 6) is -0.218. The fourth-order valence-corrected chi connectivity index (χ4v) is 2.68. The monoisotopic (exact) mass is 430 g/mol. The second kappa shape index (κ2) is 6.72. The first-order valence-corrected chi connectivity index (χ1v) is 7.92. The van der Waals surface area contributed by atoms with Crippen LogP contribution in [-0.4, -0.2) is 10.9 Å². The van der Waals surface area contributed by atoms with Gasteiger partial charge in [-0.25, -0.2) is 0 Å². The maximum atomic E-state index is 12.4. The summed E-state index contributed by atoms with van der Waals surface area (Å²) < 4.78 is 0.911. The highest BCUT2D eigenvalue weighted by atomic mass is 127. The number of benzene rings is 2. The lowest BCUT2D eigenvalue weighted by atomic mass is 10.1. The van der Waals surface area contributed by atoms with Gasteiger partial charge in [0.15, 0.2) is 0 Å². The topological polar surface area (TPSA) is 55.1 Å². The van der Waals surface area contributed by atoms with Crippen LogP contribution in [0.1, 0.15) is 21.5 Å². The van der Waals surface area contributed by atoms with E-state index in [4.69, 9.17) is 29.6 Å². The van der Waals surface area contributed by atoms with Gasteiger partial charge in [-0.15, -0.1) is 0 Å². The Morgan fingerprint density at radius 1 is 1.33 bits per heavy atom. The smallest absolute Gasteiger partial charge is 0.256 e. The summed E-state index contributed by atoms with van der Waals surface area (Å²) in [6, 6.07) is 10.6. The largest absolute Gasteiger partial charge is 0.389 e. The average molecular weight is 431 g/mol. The van der Waals surface area contributed by atoms with E-state index in [0.717, 1.165) is 9.13 Å². The van der Waals surface area contributed by atoms with Crippen LogP contribution >= 0.6 is 46.4 Å². The van der Waals surface area contributed by atoms with E-state index in [2.05, 4.69) is 27.9 Å². The van der Waals surface area contributed by atoms with Gasteiger partial charge in [0.25, 0.3) is 5.91 Å². The molecule has 0 unspecified atom stereocenters. The van der Waals surface area contributed by atoms with Crippen molar-refractivity contribution in [3.63, 3.8) is 0 Å². The lowest BCUT2D eigenvalue weighted by Crippen LogP contribution is -2.15. The molecule has 0 aliphatic carbocycles. The molecule has 0 saturated carbocycles. The molecule has 108 valence electrons. The second-order valence-electron chi connectivity index (χ2n) is 4.45. The minimum absolute atomic E-state index is 0.218. The van der Waals surface area contributed by atoms with Crippen LogP contribution in [0.3, 0.4) is 0 Å². The Morgan fingerprint density at radius 2 is 2.05 bits per heavy atom. The minimum Gasteiger partial charge on any atom is -0.389 e. The molecule has 0 bridgehead atoms. The first kappa shape index (κ1) is 16.2. The number of hydrogen-bond donors (Lipinski definition) is 2. The van der Waals surface area contributed by atoms with E-state index in [-0.39, 0.29) is 10.9 Å².